The van der Waals surface area contributed by atoms with E-state index >= 15 is 0 Å². The second-order valence-electron chi connectivity index (χ2n) is 5.25. The van der Waals surface area contributed by atoms with Crippen LogP contribution >= 0.6 is 39.1 Å². The molecule has 0 aliphatic rings. The summed E-state index contributed by atoms with van der Waals surface area (Å²) in [6.07, 6.45) is 0. The highest BCUT2D eigenvalue weighted by Gasteiger charge is 2.09. The zero-order valence-electron chi connectivity index (χ0n) is 13.6. The Balaban J connectivity index is 1.96. The molecule has 0 atom stereocenters. The molecule has 136 valence electrons. The Hall–Kier alpha value is -0.820. The molecule has 0 saturated carbocycles. The van der Waals surface area contributed by atoms with Crippen LogP contribution in [0.1, 0.15) is 11.1 Å². The van der Waals surface area contributed by atoms with E-state index in [4.69, 9.17) is 37.8 Å². The minimum absolute atomic E-state index is 0.0359. The van der Waals surface area contributed by atoms with Crippen molar-refractivity contribution in [3.63, 3.8) is 0 Å². The Bertz CT molecular complexity index is 665. The van der Waals surface area contributed by atoms with Crippen LogP contribution in [0.4, 0.5) is 0 Å². The number of rotatable bonds is 10. The lowest BCUT2D eigenvalue weighted by Crippen LogP contribution is -2.20. The smallest absolute Gasteiger partial charge is 0.124 e. The van der Waals surface area contributed by atoms with Crippen LogP contribution in [0.2, 0.25) is 10.0 Å². The zero-order chi connectivity index (χ0) is 18.1. The molecule has 7 heteroatoms. The van der Waals surface area contributed by atoms with Crippen molar-refractivity contribution < 1.29 is 14.6 Å². The summed E-state index contributed by atoms with van der Waals surface area (Å²) in [4.78, 5) is 0. The predicted molar refractivity (Wildman–Crippen MR) is 105 cm³/mol. The molecule has 0 aliphatic heterocycles. The quantitative estimate of drug-likeness (QED) is 0.527. The number of aliphatic hydroxyl groups is 1. The van der Waals surface area contributed by atoms with E-state index in [0.717, 1.165) is 21.3 Å². The highest BCUT2D eigenvalue weighted by Crippen LogP contribution is 2.28. The van der Waals surface area contributed by atoms with Crippen LogP contribution < -0.4 is 10.1 Å². The molecule has 0 bridgehead atoms. The van der Waals surface area contributed by atoms with E-state index in [1.807, 2.05) is 24.3 Å². The Morgan fingerprint density at radius 2 is 1.84 bits per heavy atom. The molecule has 0 radical (unpaired) electrons. The molecule has 0 aromatic heterocycles. The number of benzene rings is 2. The number of hydrogen-bond acceptors (Lipinski definition) is 4. The van der Waals surface area contributed by atoms with Gasteiger partial charge in [0.25, 0.3) is 0 Å². The predicted octanol–water partition coefficient (Wildman–Crippen LogP) is 4.43. The molecule has 0 spiro atoms. The average molecular weight is 449 g/mol. The van der Waals surface area contributed by atoms with E-state index in [2.05, 4.69) is 21.2 Å². The van der Waals surface area contributed by atoms with Crippen LogP contribution in [0, 0.1) is 0 Å². The van der Waals surface area contributed by atoms with Gasteiger partial charge in [-0.2, -0.15) is 0 Å². The number of ether oxygens (including phenoxy) is 2. The topological polar surface area (TPSA) is 50.7 Å². The van der Waals surface area contributed by atoms with Crippen LogP contribution in [0.15, 0.2) is 40.9 Å². The third kappa shape index (κ3) is 6.77. The summed E-state index contributed by atoms with van der Waals surface area (Å²) in [5.74, 6) is 0.767. The normalized spacial score (nSPS) is 10.9. The van der Waals surface area contributed by atoms with E-state index in [1.165, 1.54) is 0 Å². The monoisotopic (exact) mass is 447 g/mol. The third-order valence-corrected chi connectivity index (χ3v) is 4.63. The first-order chi connectivity index (χ1) is 12.1. The fourth-order valence-corrected chi connectivity index (χ4v) is 3.10. The lowest BCUT2D eigenvalue weighted by molar-refractivity contribution is 0.0937. The molecule has 0 fully saturated rings. The van der Waals surface area contributed by atoms with Crippen molar-refractivity contribution in [1.29, 1.82) is 0 Å². The van der Waals surface area contributed by atoms with E-state index in [9.17, 15) is 0 Å². The summed E-state index contributed by atoms with van der Waals surface area (Å²) in [7, 11) is 0. The molecular formula is C18H20BrCl2NO3. The van der Waals surface area contributed by atoms with Crippen LogP contribution in [0.5, 0.6) is 5.75 Å². The lowest BCUT2D eigenvalue weighted by atomic mass is 10.2. The Morgan fingerprint density at radius 3 is 2.56 bits per heavy atom. The minimum atomic E-state index is 0.0359. The van der Waals surface area contributed by atoms with Crippen molar-refractivity contribution >= 4 is 39.1 Å². The summed E-state index contributed by atoms with van der Waals surface area (Å²) in [6.45, 7) is 2.54. The van der Waals surface area contributed by atoms with Gasteiger partial charge in [-0.15, -0.1) is 0 Å². The van der Waals surface area contributed by atoms with Crippen molar-refractivity contribution in [1.82, 2.24) is 5.32 Å². The van der Waals surface area contributed by atoms with Crippen LogP contribution in [0.25, 0.3) is 0 Å². The first-order valence-corrected chi connectivity index (χ1v) is 9.40. The van der Waals surface area contributed by atoms with Crippen LogP contribution in [-0.2, 0) is 17.9 Å². The second-order valence-corrected chi connectivity index (χ2v) is 6.98. The van der Waals surface area contributed by atoms with Gasteiger partial charge in [-0.3, -0.25) is 0 Å². The summed E-state index contributed by atoms with van der Waals surface area (Å²) in [6, 6.07) is 11.2. The van der Waals surface area contributed by atoms with Gasteiger partial charge in [0.2, 0.25) is 0 Å². The molecule has 0 heterocycles. The number of hydrogen-bond donors (Lipinski definition) is 2. The summed E-state index contributed by atoms with van der Waals surface area (Å²) in [5, 5.41) is 13.1. The van der Waals surface area contributed by atoms with Crippen molar-refractivity contribution in [3.05, 3.63) is 62.0 Å². The fraction of sp³-hybridized carbons (Fsp3) is 0.333. The maximum absolute atomic E-state index is 8.67. The standard InChI is InChI=1S/C18H20BrCl2NO3/c19-14-4-5-18(13(10-14)11-22-6-8-24-9-7-23)25-12-15-16(20)2-1-3-17(15)21/h1-5,10,22-23H,6-9,11-12H2. The van der Waals surface area contributed by atoms with Gasteiger partial charge < -0.3 is 19.9 Å². The number of nitrogens with one attached hydrogen (secondary N) is 1. The Kier molecular flexibility index (Phi) is 9.03. The molecule has 2 rings (SSSR count). The molecule has 2 aromatic carbocycles. The third-order valence-electron chi connectivity index (χ3n) is 3.43. The lowest BCUT2D eigenvalue weighted by Gasteiger charge is -2.14. The van der Waals surface area contributed by atoms with Gasteiger partial charge in [0.15, 0.2) is 0 Å². The molecule has 0 amide bonds. The van der Waals surface area contributed by atoms with Crippen LogP contribution in [0.3, 0.4) is 0 Å². The highest BCUT2D eigenvalue weighted by molar-refractivity contribution is 9.10. The molecule has 2 N–H and O–H groups in total. The van der Waals surface area contributed by atoms with Gasteiger partial charge in [0.1, 0.15) is 12.4 Å². The highest BCUT2D eigenvalue weighted by atomic mass is 79.9. The molecule has 0 saturated heterocycles. The molecular weight excluding hydrogens is 429 g/mol. The van der Waals surface area contributed by atoms with Gasteiger partial charge in [-0.25, -0.2) is 0 Å². The van der Waals surface area contributed by atoms with Crippen molar-refractivity contribution in [2.75, 3.05) is 26.4 Å². The maximum atomic E-state index is 8.67. The largest absolute Gasteiger partial charge is 0.488 e. The SMILES string of the molecule is OCCOCCNCc1cc(Br)ccc1OCc1c(Cl)cccc1Cl. The number of halogens is 3. The second kappa shape index (κ2) is 11.0. The maximum Gasteiger partial charge on any atom is 0.124 e. The molecule has 0 aliphatic carbocycles. The van der Waals surface area contributed by atoms with Gasteiger partial charge in [0, 0.05) is 38.7 Å². The summed E-state index contributed by atoms with van der Waals surface area (Å²) in [5.41, 5.74) is 1.78. The Morgan fingerprint density at radius 1 is 1.08 bits per heavy atom. The minimum Gasteiger partial charge on any atom is -0.488 e. The average Bonchev–Trinajstić information content (AvgIpc) is 2.59. The summed E-state index contributed by atoms with van der Waals surface area (Å²) >= 11 is 15.9. The first-order valence-electron chi connectivity index (χ1n) is 7.85. The van der Waals surface area contributed by atoms with Crippen molar-refractivity contribution in [2.24, 2.45) is 0 Å². The van der Waals surface area contributed by atoms with Gasteiger partial charge in [-0.1, -0.05) is 45.2 Å². The van der Waals surface area contributed by atoms with E-state index < -0.39 is 0 Å². The molecule has 25 heavy (non-hydrogen) atoms. The van der Waals surface area contributed by atoms with E-state index in [-0.39, 0.29) is 6.61 Å². The first kappa shape index (κ1) is 20.5. The van der Waals surface area contributed by atoms with Crippen molar-refractivity contribution in [2.45, 2.75) is 13.2 Å². The molecule has 2 aromatic rings. The zero-order valence-corrected chi connectivity index (χ0v) is 16.7. The fourth-order valence-electron chi connectivity index (χ4n) is 2.18. The molecule has 0 unspecified atom stereocenters. The van der Waals surface area contributed by atoms with E-state index in [1.54, 1.807) is 12.1 Å². The number of aliphatic hydroxyl groups excluding tert-OH is 1. The van der Waals surface area contributed by atoms with Gasteiger partial charge >= 0.3 is 0 Å². The van der Waals surface area contributed by atoms with Gasteiger partial charge in [-0.05, 0) is 30.3 Å². The van der Waals surface area contributed by atoms with Gasteiger partial charge in [0.05, 0.1) is 19.8 Å². The van der Waals surface area contributed by atoms with E-state index in [0.29, 0.717) is 43.0 Å². The van der Waals surface area contributed by atoms with Crippen molar-refractivity contribution in [3.8, 4) is 5.75 Å². The van der Waals surface area contributed by atoms with Crippen LogP contribution in [-0.4, -0.2) is 31.5 Å². The molecule has 4 nitrogen and oxygen atoms in total. The summed E-state index contributed by atoms with van der Waals surface area (Å²) < 4.78 is 12.1. The Labute approximate surface area is 166 Å².